The van der Waals surface area contributed by atoms with Crippen LogP contribution in [0.15, 0.2) is 11.6 Å². The quantitative estimate of drug-likeness (QED) is 0.825. The molecule has 1 fully saturated rings. The topological polar surface area (TPSA) is 79.6 Å². The molecule has 0 aliphatic carbocycles. The standard InChI is InChI=1S/C17H26N4O3/c1-11-10-21-14(18-15(11)22)9-12(19-21)13-7-5-6-8-20(13)16(23)24-17(2,3)4/h9-10,13,15,18,22H,5-8H2,1-4H3/t13-,15?/m0/s1. The second kappa shape index (κ2) is 6.12. The Labute approximate surface area is 142 Å². The maximum absolute atomic E-state index is 12.5. The number of fused-ring (bicyclic) bond motifs is 1. The molecule has 1 aromatic rings. The Bertz CT molecular complexity index is 659. The number of nitrogens with one attached hydrogen (secondary N) is 1. The van der Waals surface area contributed by atoms with E-state index in [0.717, 1.165) is 36.3 Å². The van der Waals surface area contributed by atoms with Gasteiger partial charge in [-0.15, -0.1) is 0 Å². The molecule has 1 amide bonds. The molecule has 1 aromatic heterocycles. The molecule has 1 saturated heterocycles. The Morgan fingerprint density at radius 3 is 2.88 bits per heavy atom. The molecule has 2 aliphatic heterocycles. The van der Waals surface area contributed by atoms with E-state index in [0.29, 0.717) is 6.54 Å². The van der Waals surface area contributed by atoms with E-state index in [9.17, 15) is 9.90 Å². The minimum absolute atomic E-state index is 0.0978. The van der Waals surface area contributed by atoms with Crippen LogP contribution in [0.2, 0.25) is 0 Å². The molecule has 0 radical (unpaired) electrons. The maximum atomic E-state index is 12.5. The van der Waals surface area contributed by atoms with E-state index in [1.54, 1.807) is 15.8 Å². The van der Waals surface area contributed by atoms with Crippen molar-refractivity contribution in [1.82, 2.24) is 14.7 Å². The van der Waals surface area contributed by atoms with Crippen LogP contribution in [-0.4, -0.2) is 44.3 Å². The van der Waals surface area contributed by atoms with Crippen LogP contribution in [0.25, 0.3) is 6.20 Å². The predicted molar refractivity (Wildman–Crippen MR) is 91.3 cm³/mol. The molecule has 132 valence electrons. The Kier molecular flexibility index (Phi) is 4.29. The molecular formula is C17H26N4O3. The van der Waals surface area contributed by atoms with Gasteiger partial charge in [0, 0.05) is 18.8 Å². The van der Waals surface area contributed by atoms with Crippen molar-refractivity contribution < 1.29 is 14.6 Å². The van der Waals surface area contributed by atoms with Crippen LogP contribution >= 0.6 is 0 Å². The number of carbonyl (C=O) groups is 1. The van der Waals surface area contributed by atoms with Crippen molar-refractivity contribution in [1.29, 1.82) is 0 Å². The van der Waals surface area contributed by atoms with E-state index in [2.05, 4.69) is 10.4 Å². The van der Waals surface area contributed by atoms with Gasteiger partial charge < -0.3 is 15.2 Å². The van der Waals surface area contributed by atoms with E-state index in [-0.39, 0.29) is 12.1 Å². The van der Waals surface area contributed by atoms with Gasteiger partial charge in [-0.05, 0) is 52.5 Å². The van der Waals surface area contributed by atoms with Crippen LogP contribution in [-0.2, 0) is 4.74 Å². The van der Waals surface area contributed by atoms with Crippen LogP contribution < -0.4 is 5.32 Å². The number of aliphatic hydroxyl groups is 1. The summed E-state index contributed by atoms with van der Waals surface area (Å²) < 4.78 is 7.27. The van der Waals surface area contributed by atoms with Gasteiger partial charge in [-0.1, -0.05) is 0 Å². The van der Waals surface area contributed by atoms with E-state index >= 15 is 0 Å². The SMILES string of the molecule is CC1=Cn2nc([C@@H]3CCCCN3C(=O)OC(C)(C)C)cc2NC1O. The summed E-state index contributed by atoms with van der Waals surface area (Å²) in [6, 6.07) is 1.80. The van der Waals surface area contributed by atoms with E-state index in [1.807, 2.05) is 33.8 Å². The molecule has 0 aromatic carbocycles. The third kappa shape index (κ3) is 3.40. The number of amides is 1. The number of rotatable bonds is 1. The van der Waals surface area contributed by atoms with Crippen LogP contribution in [0.3, 0.4) is 0 Å². The van der Waals surface area contributed by atoms with Crippen LogP contribution in [0.1, 0.15) is 58.7 Å². The van der Waals surface area contributed by atoms with Gasteiger partial charge >= 0.3 is 6.09 Å². The highest BCUT2D eigenvalue weighted by molar-refractivity contribution is 5.69. The molecule has 0 bridgehead atoms. The monoisotopic (exact) mass is 334 g/mol. The van der Waals surface area contributed by atoms with E-state index in [4.69, 9.17) is 4.74 Å². The molecule has 0 saturated carbocycles. The molecule has 7 nitrogen and oxygen atoms in total. The average molecular weight is 334 g/mol. The maximum Gasteiger partial charge on any atom is 0.410 e. The van der Waals surface area contributed by atoms with Crippen LogP contribution in [0.5, 0.6) is 0 Å². The number of piperidine rings is 1. The first-order chi connectivity index (χ1) is 11.2. The Morgan fingerprint density at radius 1 is 1.42 bits per heavy atom. The fourth-order valence-corrected chi connectivity index (χ4v) is 3.08. The number of carbonyl (C=O) groups excluding carboxylic acids is 1. The lowest BCUT2D eigenvalue weighted by Gasteiger charge is -2.35. The highest BCUT2D eigenvalue weighted by Crippen LogP contribution is 2.33. The number of hydrogen-bond donors (Lipinski definition) is 2. The zero-order valence-electron chi connectivity index (χ0n) is 14.7. The number of anilines is 1. The number of ether oxygens (including phenoxy) is 1. The van der Waals surface area contributed by atoms with Crippen molar-refractivity contribution in [3.8, 4) is 0 Å². The van der Waals surface area contributed by atoms with Gasteiger partial charge in [0.25, 0.3) is 0 Å². The highest BCUT2D eigenvalue weighted by Gasteiger charge is 2.33. The molecular weight excluding hydrogens is 308 g/mol. The zero-order valence-corrected chi connectivity index (χ0v) is 14.7. The first-order valence-electron chi connectivity index (χ1n) is 8.46. The molecule has 3 heterocycles. The molecule has 1 unspecified atom stereocenters. The summed E-state index contributed by atoms with van der Waals surface area (Å²) in [5.74, 6) is 0.734. The van der Waals surface area contributed by atoms with Crippen molar-refractivity contribution in [3.05, 3.63) is 17.3 Å². The summed E-state index contributed by atoms with van der Waals surface area (Å²) in [5.41, 5.74) is 1.10. The smallest absolute Gasteiger partial charge is 0.410 e. The Hall–Kier alpha value is -2.02. The number of nitrogens with zero attached hydrogens (tertiary/aromatic N) is 3. The molecule has 2 N–H and O–H groups in total. The number of aromatic nitrogens is 2. The molecule has 2 aliphatic rings. The first-order valence-corrected chi connectivity index (χ1v) is 8.46. The summed E-state index contributed by atoms with van der Waals surface area (Å²) in [7, 11) is 0. The lowest BCUT2D eigenvalue weighted by atomic mass is 10.00. The zero-order chi connectivity index (χ0) is 17.5. The molecule has 3 rings (SSSR count). The van der Waals surface area contributed by atoms with E-state index < -0.39 is 11.8 Å². The van der Waals surface area contributed by atoms with E-state index in [1.165, 1.54) is 0 Å². The Morgan fingerprint density at radius 2 is 2.17 bits per heavy atom. The predicted octanol–water partition coefficient (Wildman–Crippen LogP) is 2.95. The first kappa shape index (κ1) is 16.8. The van der Waals surface area contributed by atoms with Gasteiger partial charge in [-0.3, -0.25) is 4.90 Å². The summed E-state index contributed by atoms with van der Waals surface area (Å²) >= 11 is 0. The minimum Gasteiger partial charge on any atom is -0.444 e. The molecule has 7 heteroatoms. The fourth-order valence-electron chi connectivity index (χ4n) is 3.08. The number of hydrogen-bond acceptors (Lipinski definition) is 5. The number of likely N-dealkylation sites (tertiary alicyclic amines) is 1. The van der Waals surface area contributed by atoms with Gasteiger partial charge in [0.05, 0.1) is 11.7 Å². The normalized spacial score (nSPS) is 24.0. The lowest BCUT2D eigenvalue weighted by Crippen LogP contribution is -2.42. The van der Waals surface area contributed by atoms with Gasteiger partial charge in [-0.25, -0.2) is 9.48 Å². The summed E-state index contributed by atoms with van der Waals surface area (Å²) in [6.07, 6.45) is 3.70. The van der Waals surface area contributed by atoms with Crippen molar-refractivity contribution in [2.24, 2.45) is 0 Å². The largest absolute Gasteiger partial charge is 0.444 e. The van der Waals surface area contributed by atoms with Gasteiger partial charge in [0.15, 0.2) is 0 Å². The minimum atomic E-state index is -0.699. The fraction of sp³-hybridized carbons (Fsp3) is 0.647. The van der Waals surface area contributed by atoms with Gasteiger partial charge in [-0.2, -0.15) is 5.10 Å². The van der Waals surface area contributed by atoms with Crippen molar-refractivity contribution in [2.45, 2.75) is 64.8 Å². The summed E-state index contributed by atoms with van der Waals surface area (Å²) in [5, 5.41) is 17.5. The third-order valence-electron chi connectivity index (χ3n) is 4.27. The highest BCUT2D eigenvalue weighted by atomic mass is 16.6. The second-order valence-corrected chi connectivity index (χ2v) is 7.50. The van der Waals surface area contributed by atoms with Gasteiger partial charge in [0.1, 0.15) is 17.6 Å². The van der Waals surface area contributed by atoms with Crippen molar-refractivity contribution >= 4 is 18.1 Å². The summed E-state index contributed by atoms with van der Waals surface area (Å²) in [4.78, 5) is 14.3. The third-order valence-corrected chi connectivity index (χ3v) is 4.27. The Balaban J connectivity index is 1.84. The second-order valence-electron chi connectivity index (χ2n) is 7.50. The molecule has 24 heavy (non-hydrogen) atoms. The van der Waals surface area contributed by atoms with Crippen LogP contribution in [0.4, 0.5) is 10.6 Å². The summed E-state index contributed by atoms with van der Waals surface area (Å²) in [6.45, 7) is 8.14. The molecule has 2 atom stereocenters. The van der Waals surface area contributed by atoms with Gasteiger partial charge in [0.2, 0.25) is 0 Å². The number of aliphatic hydroxyl groups excluding tert-OH is 1. The lowest BCUT2D eigenvalue weighted by molar-refractivity contribution is 0.00897. The van der Waals surface area contributed by atoms with Crippen LogP contribution in [0, 0.1) is 0 Å². The van der Waals surface area contributed by atoms with Crippen molar-refractivity contribution in [3.63, 3.8) is 0 Å². The average Bonchev–Trinajstić information content (AvgIpc) is 2.88. The molecule has 0 spiro atoms. The van der Waals surface area contributed by atoms with Crippen molar-refractivity contribution in [2.75, 3.05) is 11.9 Å².